The molecule has 0 aromatic rings. The molecule has 2 nitrogen and oxygen atoms in total. The molecule has 0 N–H and O–H groups in total. The first-order valence-electron chi connectivity index (χ1n) is 6.54. The Morgan fingerprint density at radius 1 is 1.12 bits per heavy atom. The van der Waals surface area contributed by atoms with Crippen LogP contribution in [0.4, 0.5) is 0 Å². The van der Waals surface area contributed by atoms with Crippen LogP contribution in [0, 0.1) is 0 Å². The van der Waals surface area contributed by atoms with Gasteiger partial charge >= 0.3 is 0 Å². The number of nitrogens with zero attached hydrogens (tertiary/aromatic N) is 1. The summed E-state index contributed by atoms with van der Waals surface area (Å²) in [6, 6.07) is 0. The highest BCUT2D eigenvalue weighted by molar-refractivity contribution is 6.90. The molecule has 1 atom stereocenters. The van der Waals surface area contributed by atoms with E-state index in [1.165, 1.54) is 13.0 Å². The van der Waals surface area contributed by atoms with E-state index in [1.54, 1.807) is 0 Å². The van der Waals surface area contributed by atoms with Crippen LogP contribution in [-0.2, 0) is 4.43 Å². The minimum Gasteiger partial charge on any atom is -0.405 e. The second kappa shape index (κ2) is 7.45. The molecule has 0 spiro atoms. The maximum atomic E-state index is 5.70. The molecule has 0 saturated heterocycles. The lowest BCUT2D eigenvalue weighted by molar-refractivity contribution is 0.223. The standard InChI is InChI=1S/C11H30ClNOSi3/c1-11(14-15-12)9-8-10-13(16(2,3)4)17(5,6)7/h11H,8-10,15H2,1-7H3. The van der Waals surface area contributed by atoms with Crippen LogP contribution in [-0.4, -0.2) is 42.4 Å². The van der Waals surface area contributed by atoms with E-state index in [-0.39, 0.29) is 0 Å². The summed E-state index contributed by atoms with van der Waals surface area (Å²) in [6.45, 7) is 18.1. The fourth-order valence-corrected chi connectivity index (χ4v) is 13.1. The minimum absolute atomic E-state index is 0.351. The largest absolute Gasteiger partial charge is 0.405 e. The van der Waals surface area contributed by atoms with Crippen LogP contribution in [0.2, 0.25) is 39.3 Å². The Hall–Kier alpha value is 0.861. The van der Waals surface area contributed by atoms with E-state index in [2.05, 4.69) is 50.4 Å². The molecule has 6 heteroatoms. The lowest BCUT2D eigenvalue weighted by atomic mass is 10.2. The molecule has 17 heavy (non-hydrogen) atoms. The fraction of sp³-hybridized carbons (Fsp3) is 1.00. The topological polar surface area (TPSA) is 12.5 Å². The predicted molar refractivity (Wildman–Crippen MR) is 87.6 cm³/mol. The first kappa shape index (κ1) is 17.9. The van der Waals surface area contributed by atoms with Crippen LogP contribution in [0.15, 0.2) is 0 Å². The van der Waals surface area contributed by atoms with Crippen molar-refractivity contribution in [2.75, 3.05) is 6.54 Å². The molecule has 0 rings (SSSR count). The highest BCUT2D eigenvalue weighted by Crippen LogP contribution is 2.20. The molecular weight excluding hydrogens is 282 g/mol. The molecule has 0 aliphatic heterocycles. The van der Waals surface area contributed by atoms with Gasteiger partial charge in [-0.25, -0.2) is 0 Å². The molecule has 0 aromatic carbocycles. The average Bonchev–Trinajstić information content (AvgIpc) is 2.08. The summed E-state index contributed by atoms with van der Waals surface area (Å²) in [4.78, 5) is 0. The lowest BCUT2D eigenvalue weighted by Gasteiger charge is -2.43. The van der Waals surface area contributed by atoms with Crippen molar-refractivity contribution >= 4 is 36.6 Å². The summed E-state index contributed by atoms with van der Waals surface area (Å²) >= 11 is 5.70. The second-order valence-corrected chi connectivity index (χ2v) is 18.1. The molecule has 104 valence electrons. The summed E-state index contributed by atoms with van der Waals surface area (Å²) in [7, 11) is -3.11. The molecule has 0 aromatic heterocycles. The number of hydrogen-bond acceptors (Lipinski definition) is 2. The Bertz CT molecular complexity index is 202. The normalized spacial score (nSPS) is 16.1. The second-order valence-electron chi connectivity index (χ2n) is 6.72. The number of halogens is 1. The Morgan fingerprint density at radius 2 is 1.59 bits per heavy atom. The van der Waals surface area contributed by atoms with Crippen LogP contribution < -0.4 is 0 Å². The monoisotopic (exact) mass is 311 g/mol. The van der Waals surface area contributed by atoms with Crippen molar-refractivity contribution in [3.8, 4) is 0 Å². The van der Waals surface area contributed by atoms with E-state index in [4.69, 9.17) is 15.5 Å². The summed E-state index contributed by atoms with van der Waals surface area (Å²) in [5.74, 6) is 0. The van der Waals surface area contributed by atoms with Crippen LogP contribution >= 0.6 is 11.1 Å². The van der Waals surface area contributed by atoms with Gasteiger partial charge in [-0.15, -0.1) is 11.1 Å². The van der Waals surface area contributed by atoms with Crippen LogP contribution in [0.3, 0.4) is 0 Å². The third kappa shape index (κ3) is 7.79. The smallest absolute Gasteiger partial charge is 0.258 e. The van der Waals surface area contributed by atoms with Crippen molar-refractivity contribution in [1.29, 1.82) is 0 Å². The molecule has 0 bridgehead atoms. The van der Waals surface area contributed by atoms with E-state index in [0.717, 1.165) is 6.42 Å². The van der Waals surface area contributed by atoms with Gasteiger partial charge < -0.3 is 8.66 Å². The fourth-order valence-electron chi connectivity index (χ4n) is 2.40. The molecule has 0 heterocycles. The van der Waals surface area contributed by atoms with Gasteiger partial charge in [0.25, 0.3) is 9.07 Å². The first-order chi connectivity index (χ1) is 7.59. The maximum absolute atomic E-state index is 5.70. The molecule has 0 fully saturated rings. The van der Waals surface area contributed by atoms with Gasteiger partial charge in [0.05, 0.1) is 0 Å². The Kier molecular flexibility index (Phi) is 7.83. The first-order valence-corrected chi connectivity index (χ1v) is 16.2. The van der Waals surface area contributed by atoms with Crippen molar-refractivity contribution in [2.24, 2.45) is 0 Å². The number of rotatable bonds is 8. The highest BCUT2D eigenvalue weighted by Gasteiger charge is 2.33. The average molecular weight is 312 g/mol. The SMILES string of the molecule is CC(CCCN([Si](C)(C)C)[Si](C)(C)C)O[SiH2]Cl. The van der Waals surface area contributed by atoms with Crippen molar-refractivity contribution in [2.45, 2.75) is 65.2 Å². The zero-order valence-electron chi connectivity index (χ0n) is 12.6. The third-order valence-corrected chi connectivity index (χ3v) is 11.7. The maximum Gasteiger partial charge on any atom is 0.258 e. The van der Waals surface area contributed by atoms with Crippen LogP contribution in [0.25, 0.3) is 0 Å². The van der Waals surface area contributed by atoms with Gasteiger partial charge in [-0.1, -0.05) is 39.3 Å². The van der Waals surface area contributed by atoms with Crippen molar-refractivity contribution in [3.63, 3.8) is 0 Å². The van der Waals surface area contributed by atoms with Gasteiger partial charge in [-0.2, -0.15) is 0 Å². The van der Waals surface area contributed by atoms with E-state index in [1.807, 2.05) is 0 Å². The minimum atomic E-state index is -1.18. The Morgan fingerprint density at radius 3 is 1.94 bits per heavy atom. The van der Waals surface area contributed by atoms with E-state index < -0.39 is 25.5 Å². The Balaban J connectivity index is 4.21. The van der Waals surface area contributed by atoms with Crippen LogP contribution in [0.1, 0.15) is 19.8 Å². The quantitative estimate of drug-likeness (QED) is 0.503. The van der Waals surface area contributed by atoms with E-state index in [0.29, 0.717) is 6.10 Å². The van der Waals surface area contributed by atoms with Gasteiger partial charge in [0.2, 0.25) is 0 Å². The van der Waals surface area contributed by atoms with Gasteiger partial charge in [0.15, 0.2) is 0 Å². The molecule has 0 aliphatic carbocycles. The molecule has 0 saturated carbocycles. The van der Waals surface area contributed by atoms with Gasteiger partial charge in [0.1, 0.15) is 16.5 Å². The summed E-state index contributed by atoms with van der Waals surface area (Å²) in [6.07, 6.45) is 2.73. The molecule has 0 amide bonds. The lowest BCUT2D eigenvalue weighted by Crippen LogP contribution is -2.59. The van der Waals surface area contributed by atoms with E-state index in [9.17, 15) is 0 Å². The molecule has 1 unspecified atom stereocenters. The molecule has 0 aliphatic rings. The summed E-state index contributed by atoms with van der Waals surface area (Å²) in [5, 5.41) is 0. The number of hydrogen-bond donors (Lipinski definition) is 0. The van der Waals surface area contributed by atoms with Crippen molar-refractivity contribution in [1.82, 2.24) is 4.23 Å². The third-order valence-electron chi connectivity index (χ3n) is 2.96. The zero-order valence-corrected chi connectivity index (χ0v) is 16.8. The van der Waals surface area contributed by atoms with Gasteiger partial charge in [-0.3, -0.25) is 0 Å². The summed E-state index contributed by atoms with van der Waals surface area (Å²) < 4.78 is 8.34. The van der Waals surface area contributed by atoms with E-state index >= 15 is 0 Å². The van der Waals surface area contributed by atoms with Gasteiger partial charge in [0, 0.05) is 6.10 Å². The van der Waals surface area contributed by atoms with Crippen LogP contribution in [0.5, 0.6) is 0 Å². The van der Waals surface area contributed by atoms with Crippen molar-refractivity contribution in [3.05, 3.63) is 0 Å². The molecular formula is C11H30ClNOSi3. The zero-order chi connectivity index (χ0) is 13.7. The molecule has 0 radical (unpaired) electrons. The van der Waals surface area contributed by atoms with Gasteiger partial charge in [-0.05, 0) is 26.3 Å². The summed E-state index contributed by atoms with van der Waals surface area (Å²) in [5.41, 5.74) is 0. The van der Waals surface area contributed by atoms with Crippen molar-refractivity contribution < 1.29 is 4.43 Å². The predicted octanol–water partition coefficient (Wildman–Crippen LogP) is 3.38. The Labute approximate surface area is 117 Å². The highest BCUT2D eigenvalue weighted by atomic mass is 35.6.